The van der Waals surface area contributed by atoms with Crippen LogP contribution >= 0.6 is 0 Å². The van der Waals surface area contributed by atoms with E-state index in [2.05, 4.69) is 5.32 Å². The molecule has 0 saturated carbocycles. The Morgan fingerprint density at radius 2 is 1.84 bits per heavy atom. The van der Waals surface area contributed by atoms with Gasteiger partial charge in [0.05, 0.1) is 16.9 Å². The lowest BCUT2D eigenvalue weighted by atomic mass is 10.1. The minimum atomic E-state index is -1.14. The molecular formula is C14H11F2NO2. The van der Waals surface area contributed by atoms with E-state index in [1.54, 1.807) is 19.1 Å². The normalized spacial score (nSPS) is 10.3. The van der Waals surface area contributed by atoms with Crippen LogP contribution in [0.3, 0.4) is 0 Å². The number of aryl methyl sites for hydroxylation is 1. The van der Waals surface area contributed by atoms with Crippen molar-refractivity contribution in [2.45, 2.75) is 6.92 Å². The molecule has 0 radical (unpaired) electrons. The molecule has 0 atom stereocenters. The van der Waals surface area contributed by atoms with E-state index in [1.807, 2.05) is 0 Å². The molecule has 0 aliphatic heterocycles. The summed E-state index contributed by atoms with van der Waals surface area (Å²) in [5.41, 5.74) is 0.920. The van der Waals surface area contributed by atoms with Gasteiger partial charge in [-0.1, -0.05) is 6.07 Å². The molecule has 2 aromatic rings. The van der Waals surface area contributed by atoms with Crippen molar-refractivity contribution < 1.29 is 18.7 Å². The highest BCUT2D eigenvalue weighted by atomic mass is 19.1. The lowest BCUT2D eigenvalue weighted by molar-refractivity contribution is 0.0698. The summed E-state index contributed by atoms with van der Waals surface area (Å²) >= 11 is 0. The highest BCUT2D eigenvalue weighted by molar-refractivity contribution is 5.95. The van der Waals surface area contributed by atoms with Crippen LogP contribution in [0.4, 0.5) is 20.2 Å². The third-order valence-corrected chi connectivity index (χ3v) is 2.60. The Morgan fingerprint density at radius 1 is 1.11 bits per heavy atom. The molecule has 0 unspecified atom stereocenters. The number of carbonyl (C=O) groups is 1. The number of anilines is 2. The lowest BCUT2D eigenvalue weighted by Crippen LogP contribution is -2.04. The molecule has 98 valence electrons. The van der Waals surface area contributed by atoms with Crippen LogP contribution in [0.15, 0.2) is 36.4 Å². The Hall–Kier alpha value is -2.43. The Balaban J connectivity index is 2.45. The molecule has 0 amide bonds. The number of hydrogen-bond acceptors (Lipinski definition) is 2. The van der Waals surface area contributed by atoms with E-state index in [4.69, 9.17) is 5.11 Å². The standard InChI is InChI=1S/C14H11F2NO2/c1-8-2-4-10(14(18)19)12(6-8)17-13-7-9(15)3-5-11(13)16/h2-7,17H,1H3,(H,18,19). The van der Waals surface area contributed by atoms with Gasteiger partial charge >= 0.3 is 5.97 Å². The van der Waals surface area contributed by atoms with Gasteiger partial charge in [-0.15, -0.1) is 0 Å². The molecule has 0 aliphatic carbocycles. The molecule has 3 nitrogen and oxygen atoms in total. The van der Waals surface area contributed by atoms with Crippen LogP contribution in [-0.4, -0.2) is 11.1 Å². The van der Waals surface area contributed by atoms with Gasteiger partial charge in [0.2, 0.25) is 0 Å². The first-order chi connectivity index (χ1) is 8.97. The van der Waals surface area contributed by atoms with Crippen LogP contribution in [0.1, 0.15) is 15.9 Å². The maximum Gasteiger partial charge on any atom is 0.337 e. The molecule has 0 aromatic heterocycles. The Bertz CT molecular complexity index is 641. The summed E-state index contributed by atoms with van der Waals surface area (Å²) in [7, 11) is 0. The van der Waals surface area contributed by atoms with E-state index in [-0.39, 0.29) is 16.9 Å². The summed E-state index contributed by atoms with van der Waals surface area (Å²) in [6.45, 7) is 1.78. The van der Waals surface area contributed by atoms with Crippen LogP contribution in [0.25, 0.3) is 0 Å². The van der Waals surface area contributed by atoms with Gasteiger partial charge in [-0.3, -0.25) is 0 Å². The number of nitrogens with one attached hydrogen (secondary N) is 1. The summed E-state index contributed by atoms with van der Waals surface area (Å²) in [5.74, 6) is -2.40. The first-order valence-corrected chi connectivity index (χ1v) is 5.53. The largest absolute Gasteiger partial charge is 0.478 e. The number of hydrogen-bond donors (Lipinski definition) is 2. The first-order valence-electron chi connectivity index (χ1n) is 5.53. The SMILES string of the molecule is Cc1ccc(C(=O)O)c(Nc2cc(F)ccc2F)c1. The fraction of sp³-hybridized carbons (Fsp3) is 0.0714. The van der Waals surface area contributed by atoms with Gasteiger partial charge < -0.3 is 10.4 Å². The quantitative estimate of drug-likeness (QED) is 0.887. The number of carboxylic acids is 1. The van der Waals surface area contributed by atoms with Crippen molar-refractivity contribution in [1.29, 1.82) is 0 Å². The van der Waals surface area contributed by atoms with Crippen LogP contribution < -0.4 is 5.32 Å². The zero-order valence-electron chi connectivity index (χ0n) is 10.1. The van der Waals surface area contributed by atoms with Crippen molar-refractivity contribution >= 4 is 17.3 Å². The van der Waals surface area contributed by atoms with Crippen LogP contribution in [0.2, 0.25) is 0 Å². The van der Waals surface area contributed by atoms with E-state index >= 15 is 0 Å². The predicted octanol–water partition coefficient (Wildman–Crippen LogP) is 3.72. The number of rotatable bonds is 3. The maximum atomic E-state index is 13.5. The van der Waals surface area contributed by atoms with Crippen molar-refractivity contribution in [3.05, 3.63) is 59.2 Å². The molecular weight excluding hydrogens is 252 g/mol. The first kappa shape index (κ1) is 13.0. The summed E-state index contributed by atoms with van der Waals surface area (Å²) in [6.07, 6.45) is 0. The molecule has 0 heterocycles. The zero-order chi connectivity index (χ0) is 14.0. The highest BCUT2D eigenvalue weighted by Crippen LogP contribution is 2.25. The van der Waals surface area contributed by atoms with Gasteiger partial charge in [-0.05, 0) is 36.8 Å². The van der Waals surface area contributed by atoms with Crippen molar-refractivity contribution in [1.82, 2.24) is 0 Å². The molecule has 0 aliphatic rings. The topological polar surface area (TPSA) is 49.3 Å². The second-order valence-electron chi connectivity index (χ2n) is 4.10. The predicted molar refractivity (Wildman–Crippen MR) is 67.8 cm³/mol. The fourth-order valence-corrected chi connectivity index (χ4v) is 1.69. The summed E-state index contributed by atoms with van der Waals surface area (Å²) in [6, 6.07) is 7.56. The van der Waals surface area contributed by atoms with Crippen molar-refractivity contribution in [3.63, 3.8) is 0 Å². The van der Waals surface area contributed by atoms with Crippen molar-refractivity contribution in [3.8, 4) is 0 Å². The summed E-state index contributed by atoms with van der Waals surface area (Å²) < 4.78 is 26.6. The van der Waals surface area contributed by atoms with E-state index < -0.39 is 17.6 Å². The van der Waals surface area contributed by atoms with E-state index in [9.17, 15) is 13.6 Å². The van der Waals surface area contributed by atoms with Crippen LogP contribution in [0, 0.1) is 18.6 Å². The molecule has 0 bridgehead atoms. The monoisotopic (exact) mass is 263 g/mol. The van der Waals surface area contributed by atoms with Crippen molar-refractivity contribution in [2.24, 2.45) is 0 Å². The van der Waals surface area contributed by atoms with Crippen molar-refractivity contribution in [2.75, 3.05) is 5.32 Å². The second kappa shape index (κ2) is 5.06. The highest BCUT2D eigenvalue weighted by Gasteiger charge is 2.12. The van der Waals surface area contributed by atoms with Gasteiger partial charge in [0.15, 0.2) is 0 Å². The Labute approximate surface area is 108 Å². The van der Waals surface area contributed by atoms with Gasteiger partial charge in [0.25, 0.3) is 0 Å². The number of benzene rings is 2. The fourth-order valence-electron chi connectivity index (χ4n) is 1.69. The molecule has 0 spiro atoms. The molecule has 2 rings (SSSR count). The van der Waals surface area contributed by atoms with Crippen LogP contribution in [-0.2, 0) is 0 Å². The number of aromatic carboxylic acids is 1. The third kappa shape index (κ3) is 2.88. The average Bonchev–Trinajstić information content (AvgIpc) is 2.33. The molecule has 0 fully saturated rings. The smallest absolute Gasteiger partial charge is 0.337 e. The number of halogens is 2. The second-order valence-corrected chi connectivity index (χ2v) is 4.10. The third-order valence-electron chi connectivity index (χ3n) is 2.60. The van der Waals surface area contributed by atoms with Crippen LogP contribution in [0.5, 0.6) is 0 Å². The molecule has 5 heteroatoms. The Kier molecular flexibility index (Phi) is 3.46. The van der Waals surface area contributed by atoms with E-state index in [0.29, 0.717) is 0 Å². The van der Waals surface area contributed by atoms with Gasteiger partial charge in [0, 0.05) is 6.07 Å². The average molecular weight is 263 g/mol. The molecule has 2 N–H and O–H groups in total. The minimum Gasteiger partial charge on any atom is -0.478 e. The maximum absolute atomic E-state index is 13.5. The number of carboxylic acid groups (broad SMARTS) is 1. The van der Waals surface area contributed by atoms with Gasteiger partial charge in [-0.25, -0.2) is 13.6 Å². The molecule has 0 saturated heterocycles. The van der Waals surface area contributed by atoms with Gasteiger partial charge in [0.1, 0.15) is 11.6 Å². The van der Waals surface area contributed by atoms with E-state index in [0.717, 1.165) is 23.8 Å². The summed E-state index contributed by atoms with van der Waals surface area (Å²) in [5, 5.41) is 11.7. The van der Waals surface area contributed by atoms with Gasteiger partial charge in [-0.2, -0.15) is 0 Å². The summed E-state index contributed by atoms with van der Waals surface area (Å²) in [4.78, 5) is 11.1. The molecule has 2 aromatic carbocycles. The molecule has 19 heavy (non-hydrogen) atoms. The minimum absolute atomic E-state index is 0.00531. The zero-order valence-corrected chi connectivity index (χ0v) is 10.1. The lowest BCUT2D eigenvalue weighted by Gasteiger charge is -2.11. The Morgan fingerprint density at radius 3 is 2.53 bits per heavy atom. The van der Waals surface area contributed by atoms with E-state index in [1.165, 1.54) is 6.07 Å².